The van der Waals surface area contributed by atoms with E-state index in [2.05, 4.69) is 37.1 Å². The van der Waals surface area contributed by atoms with Crippen molar-refractivity contribution in [1.82, 2.24) is 5.32 Å². The quantitative estimate of drug-likeness (QED) is 0.579. The van der Waals surface area contributed by atoms with E-state index in [9.17, 15) is 0 Å². The van der Waals surface area contributed by atoms with Gasteiger partial charge in [0.15, 0.2) is 0 Å². The van der Waals surface area contributed by atoms with Crippen LogP contribution in [-0.4, -0.2) is 34.9 Å². The number of hydrogen-bond acceptors (Lipinski definition) is 2. The van der Waals surface area contributed by atoms with Gasteiger partial charge in [0.25, 0.3) is 0 Å². The summed E-state index contributed by atoms with van der Waals surface area (Å²) in [5, 5.41) is 4.31. The lowest BCUT2D eigenvalue weighted by molar-refractivity contribution is 0.199. The Bertz CT molecular complexity index is 379. The molecule has 0 amide bonds. The lowest BCUT2D eigenvalue weighted by Crippen LogP contribution is -2.30. The molecule has 1 aromatic carbocycles. The van der Waals surface area contributed by atoms with Crippen molar-refractivity contribution in [2.24, 2.45) is 0 Å². The van der Waals surface area contributed by atoms with E-state index in [1.807, 2.05) is 12.1 Å². The summed E-state index contributed by atoms with van der Waals surface area (Å²) in [5.74, 6) is 0.544. The molecule has 0 aliphatic carbocycles. The van der Waals surface area contributed by atoms with Crippen LogP contribution >= 0.6 is 11.6 Å². The number of benzene rings is 1. The van der Waals surface area contributed by atoms with Gasteiger partial charge in [-0.15, -0.1) is 0 Å². The van der Waals surface area contributed by atoms with Crippen LogP contribution in [0.4, 0.5) is 0 Å². The highest BCUT2D eigenvalue weighted by molar-refractivity contribution is 6.76. The van der Waals surface area contributed by atoms with Crippen LogP contribution in [-0.2, 0) is 4.74 Å². The van der Waals surface area contributed by atoms with Crippen molar-refractivity contribution in [3.05, 3.63) is 34.9 Å². The molecule has 4 heteroatoms. The van der Waals surface area contributed by atoms with E-state index in [0.29, 0.717) is 5.92 Å². The number of hydrogen-bond donors (Lipinski definition) is 1. The maximum atomic E-state index is 6.11. The van der Waals surface area contributed by atoms with Gasteiger partial charge in [0.1, 0.15) is 0 Å². The van der Waals surface area contributed by atoms with Gasteiger partial charge in [0.05, 0.1) is 6.61 Å². The standard InChI is InChI=1S/C15H26ClNOSi/c1-18-9-8-17-11-14(12-19(2,3)4)13-6-5-7-15(16)10-13/h5-7,10,14,17H,8-9,11-12H2,1-4H3. The second kappa shape index (κ2) is 8.05. The normalized spacial score (nSPS) is 13.5. The van der Waals surface area contributed by atoms with Crippen molar-refractivity contribution in [2.45, 2.75) is 31.6 Å². The smallest absolute Gasteiger partial charge is 0.0587 e. The molecular weight excluding hydrogens is 274 g/mol. The molecule has 0 aromatic heterocycles. The van der Waals surface area contributed by atoms with Crippen LogP contribution in [0.5, 0.6) is 0 Å². The SMILES string of the molecule is COCCNCC(C[Si](C)(C)C)c1cccc(Cl)c1. The molecule has 1 N–H and O–H groups in total. The van der Waals surface area contributed by atoms with E-state index in [1.54, 1.807) is 7.11 Å². The van der Waals surface area contributed by atoms with Gasteiger partial charge in [-0.05, 0) is 29.7 Å². The fourth-order valence-corrected chi connectivity index (χ4v) is 4.32. The maximum absolute atomic E-state index is 6.11. The van der Waals surface area contributed by atoms with E-state index < -0.39 is 8.07 Å². The summed E-state index contributed by atoms with van der Waals surface area (Å²) in [6.45, 7) is 9.90. The summed E-state index contributed by atoms with van der Waals surface area (Å²) < 4.78 is 5.07. The second-order valence-electron chi connectivity index (χ2n) is 6.21. The Labute approximate surface area is 123 Å². The zero-order valence-corrected chi connectivity index (χ0v) is 14.3. The molecule has 1 aromatic rings. The molecule has 0 aliphatic heterocycles. The lowest BCUT2D eigenvalue weighted by Gasteiger charge is -2.25. The first-order valence-electron chi connectivity index (χ1n) is 6.87. The number of ether oxygens (including phenoxy) is 1. The van der Waals surface area contributed by atoms with Gasteiger partial charge in [0, 0.05) is 33.3 Å². The van der Waals surface area contributed by atoms with Crippen molar-refractivity contribution < 1.29 is 4.74 Å². The predicted octanol–water partition coefficient (Wildman–Crippen LogP) is 4.00. The minimum atomic E-state index is -1.10. The van der Waals surface area contributed by atoms with Crippen LogP contribution in [0.3, 0.4) is 0 Å². The molecule has 0 fully saturated rings. The minimum absolute atomic E-state index is 0.544. The highest BCUT2D eigenvalue weighted by atomic mass is 35.5. The molecule has 0 bridgehead atoms. The van der Waals surface area contributed by atoms with Crippen molar-refractivity contribution in [3.63, 3.8) is 0 Å². The number of nitrogens with one attached hydrogen (secondary N) is 1. The van der Waals surface area contributed by atoms with Gasteiger partial charge < -0.3 is 10.1 Å². The summed E-state index contributed by atoms with van der Waals surface area (Å²) in [6, 6.07) is 9.55. The van der Waals surface area contributed by atoms with Gasteiger partial charge >= 0.3 is 0 Å². The molecule has 108 valence electrons. The highest BCUT2D eigenvalue weighted by Crippen LogP contribution is 2.27. The highest BCUT2D eigenvalue weighted by Gasteiger charge is 2.21. The zero-order chi connectivity index (χ0) is 14.3. The van der Waals surface area contributed by atoms with E-state index in [-0.39, 0.29) is 0 Å². The Kier molecular flexibility index (Phi) is 7.08. The minimum Gasteiger partial charge on any atom is -0.383 e. The second-order valence-corrected chi connectivity index (χ2v) is 12.2. The predicted molar refractivity (Wildman–Crippen MR) is 87.1 cm³/mol. The number of halogens is 1. The summed E-state index contributed by atoms with van der Waals surface area (Å²) in [4.78, 5) is 0. The van der Waals surface area contributed by atoms with Crippen LogP contribution in [0.2, 0.25) is 30.7 Å². The first kappa shape index (κ1) is 16.7. The summed E-state index contributed by atoms with van der Waals surface area (Å²) in [5.41, 5.74) is 1.35. The molecule has 0 aliphatic rings. The summed E-state index contributed by atoms with van der Waals surface area (Å²) >= 11 is 6.11. The number of rotatable bonds is 8. The first-order chi connectivity index (χ1) is 8.92. The zero-order valence-electron chi connectivity index (χ0n) is 12.5. The monoisotopic (exact) mass is 299 g/mol. The molecule has 1 unspecified atom stereocenters. The Morgan fingerprint density at radius 2 is 2.05 bits per heavy atom. The molecular formula is C15H26ClNOSi. The third-order valence-electron chi connectivity index (χ3n) is 3.05. The molecule has 0 spiro atoms. The fraction of sp³-hybridized carbons (Fsp3) is 0.600. The molecule has 0 saturated carbocycles. The van der Waals surface area contributed by atoms with Crippen LogP contribution in [0.25, 0.3) is 0 Å². The van der Waals surface area contributed by atoms with Crippen LogP contribution in [0, 0.1) is 0 Å². The van der Waals surface area contributed by atoms with Crippen molar-refractivity contribution in [3.8, 4) is 0 Å². The third-order valence-corrected chi connectivity index (χ3v) is 5.01. The van der Waals surface area contributed by atoms with Crippen molar-refractivity contribution in [2.75, 3.05) is 26.8 Å². The van der Waals surface area contributed by atoms with E-state index in [4.69, 9.17) is 16.3 Å². The molecule has 19 heavy (non-hydrogen) atoms. The lowest BCUT2D eigenvalue weighted by atomic mass is 10.0. The third kappa shape index (κ3) is 7.11. The molecule has 1 atom stereocenters. The fourth-order valence-electron chi connectivity index (χ4n) is 2.26. The van der Waals surface area contributed by atoms with E-state index >= 15 is 0 Å². The topological polar surface area (TPSA) is 21.3 Å². The molecule has 0 heterocycles. The van der Waals surface area contributed by atoms with Gasteiger partial charge in [0.2, 0.25) is 0 Å². The van der Waals surface area contributed by atoms with E-state index in [1.165, 1.54) is 11.6 Å². The molecule has 1 rings (SSSR count). The van der Waals surface area contributed by atoms with Crippen molar-refractivity contribution >= 4 is 19.7 Å². The largest absolute Gasteiger partial charge is 0.383 e. The Balaban J connectivity index is 2.68. The maximum Gasteiger partial charge on any atom is 0.0587 e. The van der Waals surface area contributed by atoms with Crippen LogP contribution in [0.15, 0.2) is 24.3 Å². The van der Waals surface area contributed by atoms with Gasteiger partial charge in [-0.2, -0.15) is 0 Å². The number of methoxy groups -OCH3 is 1. The van der Waals surface area contributed by atoms with Crippen molar-refractivity contribution in [1.29, 1.82) is 0 Å². The molecule has 0 saturated heterocycles. The average Bonchev–Trinajstić information content (AvgIpc) is 2.32. The van der Waals surface area contributed by atoms with Gasteiger partial charge in [-0.3, -0.25) is 0 Å². The van der Waals surface area contributed by atoms with E-state index in [0.717, 1.165) is 24.7 Å². The molecule has 2 nitrogen and oxygen atoms in total. The van der Waals surface area contributed by atoms with Gasteiger partial charge in [-0.25, -0.2) is 0 Å². The summed E-state index contributed by atoms with van der Waals surface area (Å²) in [7, 11) is 0.631. The first-order valence-corrected chi connectivity index (χ1v) is 11.0. The average molecular weight is 300 g/mol. The van der Waals surface area contributed by atoms with Crippen LogP contribution in [0.1, 0.15) is 11.5 Å². The Morgan fingerprint density at radius 1 is 1.32 bits per heavy atom. The summed E-state index contributed by atoms with van der Waals surface area (Å²) in [6.07, 6.45) is 0. The Hall–Kier alpha value is -0.353. The van der Waals surface area contributed by atoms with Gasteiger partial charge in [-0.1, -0.05) is 43.4 Å². The Morgan fingerprint density at radius 3 is 2.63 bits per heavy atom. The molecule has 0 radical (unpaired) electrons. The van der Waals surface area contributed by atoms with Crippen LogP contribution < -0.4 is 5.32 Å².